The van der Waals surface area contributed by atoms with Crippen LogP contribution in [0.1, 0.15) is 23.3 Å². The molecule has 1 aromatic rings. The SMILES string of the molecule is COC(=O)c1cn(CCCCN)nn1. The largest absolute Gasteiger partial charge is 0.464 e. The van der Waals surface area contributed by atoms with Crippen LogP contribution in [0.4, 0.5) is 0 Å². The van der Waals surface area contributed by atoms with E-state index in [1.807, 2.05) is 0 Å². The minimum absolute atomic E-state index is 0.236. The van der Waals surface area contributed by atoms with E-state index in [2.05, 4.69) is 15.0 Å². The second-order valence-electron chi connectivity index (χ2n) is 2.85. The number of nitrogens with two attached hydrogens (primary N) is 1. The zero-order valence-electron chi connectivity index (χ0n) is 8.14. The van der Waals surface area contributed by atoms with Gasteiger partial charge in [0.1, 0.15) is 0 Å². The van der Waals surface area contributed by atoms with Gasteiger partial charge in [0.15, 0.2) is 5.69 Å². The number of aryl methyl sites for hydroxylation is 1. The number of ether oxygens (including phenoxy) is 1. The fraction of sp³-hybridized carbons (Fsp3) is 0.625. The number of esters is 1. The molecule has 0 unspecified atom stereocenters. The highest BCUT2D eigenvalue weighted by Gasteiger charge is 2.09. The van der Waals surface area contributed by atoms with Gasteiger partial charge in [-0.05, 0) is 19.4 Å². The second-order valence-corrected chi connectivity index (χ2v) is 2.85. The molecule has 2 N–H and O–H groups in total. The molecule has 0 aliphatic carbocycles. The van der Waals surface area contributed by atoms with Gasteiger partial charge in [0.2, 0.25) is 0 Å². The first kappa shape index (κ1) is 10.6. The summed E-state index contributed by atoms with van der Waals surface area (Å²) in [7, 11) is 1.32. The first-order valence-electron chi connectivity index (χ1n) is 4.46. The van der Waals surface area contributed by atoms with Crippen molar-refractivity contribution >= 4 is 5.97 Å². The summed E-state index contributed by atoms with van der Waals surface area (Å²) in [6.45, 7) is 1.39. The van der Waals surface area contributed by atoms with Crippen LogP contribution >= 0.6 is 0 Å². The van der Waals surface area contributed by atoms with Crippen molar-refractivity contribution in [1.29, 1.82) is 0 Å². The highest BCUT2D eigenvalue weighted by molar-refractivity contribution is 5.86. The highest BCUT2D eigenvalue weighted by Crippen LogP contribution is 1.97. The van der Waals surface area contributed by atoms with E-state index >= 15 is 0 Å². The smallest absolute Gasteiger partial charge is 0.360 e. The first-order chi connectivity index (χ1) is 6.77. The van der Waals surface area contributed by atoms with E-state index in [4.69, 9.17) is 5.73 Å². The molecular weight excluding hydrogens is 184 g/mol. The molecule has 0 amide bonds. The molecule has 0 aromatic carbocycles. The van der Waals surface area contributed by atoms with Crippen molar-refractivity contribution in [2.75, 3.05) is 13.7 Å². The second kappa shape index (κ2) is 5.33. The third kappa shape index (κ3) is 2.81. The molecule has 1 aromatic heterocycles. The Labute approximate surface area is 82.0 Å². The van der Waals surface area contributed by atoms with Crippen LogP contribution in [0.2, 0.25) is 0 Å². The maximum atomic E-state index is 11.0. The number of hydrogen-bond donors (Lipinski definition) is 1. The van der Waals surface area contributed by atoms with E-state index in [-0.39, 0.29) is 5.69 Å². The van der Waals surface area contributed by atoms with Gasteiger partial charge in [0.05, 0.1) is 13.3 Å². The molecule has 0 fully saturated rings. The van der Waals surface area contributed by atoms with Gasteiger partial charge in [-0.2, -0.15) is 0 Å². The molecule has 0 saturated heterocycles. The Bertz CT molecular complexity index is 297. The summed E-state index contributed by atoms with van der Waals surface area (Å²) >= 11 is 0. The number of carbonyl (C=O) groups excluding carboxylic acids is 1. The van der Waals surface area contributed by atoms with Gasteiger partial charge in [-0.1, -0.05) is 5.21 Å². The number of carbonyl (C=O) groups is 1. The third-order valence-corrected chi connectivity index (χ3v) is 1.77. The monoisotopic (exact) mass is 198 g/mol. The Hall–Kier alpha value is -1.43. The number of rotatable bonds is 5. The molecule has 1 rings (SSSR count). The topological polar surface area (TPSA) is 83.0 Å². The predicted molar refractivity (Wildman–Crippen MR) is 49.6 cm³/mol. The maximum Gasteiger partial charge on any atom is 0.360 e. The van der Waals surface area contributed by atoms with E-state index in [0.717, 1.165) is 19.4 Å². The van der Waals surface area contributed by atoms with Gasteiger partial charge in [-0.3, -0.25) is 4.68 Å². The van der Waals surface area contributed by atoms with Crippen molar-refractivity contribution in [3.8, 4) is 0 Å². The van der Waals surface area contributed by atoms with Crippen LogP contribution in [-0.2, 0) is 11.3 Å². The molecule has 0 atom stereocenters. The normalized spacial score (nSPS) is 10.1. The molecule has 0 bridgehead atoms. The minimum atomic E-state index is -0.463. The highest BCUT2D eigenvalue weighted by atomic mass is 16.5. The summed E-state index contributed by atoms with van der Waals surface area (Å²) < 4.78 is 6.11. The third-order valence-electron chi connectivity index (χ3n) is 1.77. The van der Waals surface area contributed by atoms with E-state index in [0.29, 0.717) is 6.54 Å². The first-order valence-corrected chi connectivity index (χ1v) is 4.46. The lowest BCUT2D eigenvalue weighted by molar-refractivity contribution is 0.0594. The zero-order valence-corrected chi connectivity index (χ0v) is 8.14. The Morgan fingerprint density at radius 1 is 1.64 bits per heavy atom. The van der Waals surface area contributed by atoms with Gasteiger partial charge in [-0.25, -0.2) is 4.79 Å². The Kier molecular flexibility index (Phi) is 4.06. The Morgan fingerprint density at radius 2 is 2.43 bits per heavy atom. The van der Waals surface area contributed by atoms with Crippen LogP contribution in [0, 0.1) is 0 Å². The summed E-state index contributed by atoms with van der Waals surface area (Å²) in [5.74, 6) is -0.463. The van der Waals surface area contributed by atoms with Crippen molar-refractivity contribution in [3.63, 3.8) is 0 Å². The molecule has 1 heterocycles. The van der Waals surface area contributed by atoms with Crippen LogP contribution in [0.15, 0.2) is 6.20 Å². The number of hydrogen-bond acceptors (Lipinski definition) is 5. The molecule has 0 aliphatic heterocycles. The lowest BCUT2D eigenvalue weighted by atomic mass is 10.3. The number of aromatic nitrogens is 3. The van der Waals surface area contributed by atoms with E-state index < -0.39 is 5.97 Å². The molecule has 0 saturated carbocycles. The molecule has 6 heteroatoms. The zero-order chi connectivity index (χ0) is 10.4. The Balaban J connectivity index is 2.46. The van der Waals surface area contributed by atoms with Gasteiger partial charge in [0, 0.05) is 6.54 Å². The summed E-state index contributed by atoms with van der Waals surface area (Å²) in [5.41, 5.74) is 5.58. The molecular formula is C8H14N4O2. The minimum Gasteiger partial charge on any atom is -0.464 e. The van der Waals surface area contributed by atoms with Crippen LogP contribution < -0.4 is 5.73 Å². The van der Waals surface area contributed by atoms with Crippen molar-refractivity contribution < 1.29 is 9.53 Å². The number of nitrogens with zero attached hydrogens (tertiary/aromatic N) is 3. The molecule has 6 nitrogen and oxygen atoms in total. The van der Waals surface area contributed by atoms with Gasteiger partial charge in [0.25, 0.3) is 0 Å². The van der Waals surface area contributed by atoms with E-state index in [1.165, 1.54) is 7.11 Å². The van der Waals surface area contributed by atoms with Crippen LogP contribution in [0.3, 0.4) is 0 Å². The van der Waals surface area contributed by atoms with Crippen molar-refractivity contribution in [3.05, 3.63) is 11.9 Å². The number of unbranched alkanes of at least 4 members (excludes halogenated alkanes) is 1. The predicted octanol–water partition coefficient (Wildman–Crippen LogP) is -0.196. The average Bonchev–Trinajstić information content (AvgIpc) is 2.66. The van der Waals surface area contributed by atoms with Crippen LogP contribution in [-0.4, -0.2) is 34.6 Å². The fourth-order valence-electron chi connectivity index (χ4n) is 1.02. The van der Waals surface area contributed by atoms with Gasteiger partial charge < -0.3 is 10.5 Å². The summed E-state index contributed by atoms with van der Waals surface area (Å²) in [4.78, 5) is 11.0. The lowest BCUT2D eigenvalue weighted by Crippen LogP contribution is -2.04. The molecule has 0 radical (unpaired) electrons. The molecule has 0 aliphatic rings. The summed E-state index contributed by atoms with van der Waals surface area (Å²) in [5, 5.41) is 7.45. The van der Waals surface area contributed by atoms with Crippen LogP contribution in [0.5, 0.6) is 0 Å². The molecule has 0 spiro atoms. The Morgan fingerprint density at radius 3 is 3.07 bits per heavy atom. The van der Waals surface area contributed by atoms with Gasteiger partial charge >= 0.3 is 5.97 Å². The summed E-state index contributed by atoms with van der Waals surface area (Å²) in [6.07, 6.45) is 3.44. The van der Waals surface area contributed by atoms with E-state index in [9.17, 15) is 4.79 Å². The average molecular weight is 198 g/mol. The van der Waals surface area contributed by atoms with Crippen molar-refractivity contribution in [1.82, 2.24) is 15.0 Å². The van der Waals surface area contributed by atoms with Gasteiger partial charge in [-0.15, -0.1) is 5.10 Å². The molecule has 78 valence electrons. The van der Waals surface area contributed by atoms with Crippen molar-refractivity contribution in [2.45, 2.75) is 19.4 Å². The lowest BCUT2D eigenvalue weighted by Gasteiger charge is -1.97. The maximum absolute atomic E-state index is 11.0. The quantitative estimate of drug-likeness (QED) is 0.523. The fourth-order valence-corrected chi connectivity index (χ4v) is 1.02. The molecule has 14 heavy (non-hydrogen) atoms. The standard InChI is InChI=1S/C8H14N4O2/c1-14-8(13)7-6-12(11-10-7)5-3-2-4-9/h6H,2-5,9H2,1H3. The number of methoxy groups -OCH3 is 1. The van der Waals surface area contributed by atoms with E-state index in [1.54, 1.807) is 10.9 Å². The van der Waals surface area contributed by atoms with Crippen molar-refractivity contribution in [2.24, 2.45) is 5.73 Å². The summed E-state index contributed by atoms with van der Waals surface area (Å²) in [6, 6.07) is 0. The van der Waals surface area contributed by atoms with Crippen LogP contribution in [0.25, 0.3) is 0 Å².